The quantitative estimate of drug-likeness (QED) is 0.479. The van der Waals surface area contributed by atoms with E-state index in [1.165, 1.54) is 5.19 Å². The molecule has 0 heterocycles. The maximum atomic E-state index is 5.47. The summed E-state index contributed by atoms with van der Waals surface area (Å²) < 4.78 is 0. The number of benzene rings is 1. The van der Waals surface area contributed by atoms with Crippen LogP contribution in [-0.4, -0.2) is 8.07 Å². The molecule has 0 atom stereocenters. The number of rotatable bonds is 1. The minimum absolute atomic E-state index is 0.861. The molecule has 1 aromatic carbocycles. The summed E-state index contributed by atoms with van der Waals surface area (Å²) in [6.07, 6.45) is 10.8. The highest BCUT2D eigenvalue weighted by molar-refractivity contribution is 6.89. The van der Waals surface area contributed by atoms with Gasteiger partial charge in [0, 0.05) is 11.1 Å². The van der Waals surface area contributed by atoms with Gasteiger partial charge in [-0.25, -0.2) is 0 Å². The normalized spacial score (nSPS) is 10.4. The van der Waals surface area contributed by atoms with Crippen LogP contribution in [0.15, 0.2) is 18.2 Å². The zero-order valence-corrected chi connectivity index (χ0v) is 9.89. The molecule has 1 rings (SSSR count). The first-order chi connectivity index (χ1) is 6.49. The monoisotopic (exact) mass is 198 g/mol. The van der Waals surface area contributed by atoms with E-state index in [0.29, 0.717) is 0 Å². The number of hydrogen-bond donors (Lipinski definition) is 0. The van der Waals surface area contributed by atoms with Gasteiger partial charge in [-0.3, -0.25) is 0 Å². The Morgan fingerprint density at radius 2 is 1.71 bits per heavy atom. The summed E-state index contributed by atoms with van der Waals surface area (Å²) in [6.45, 7) is 6.83. The summed E-state index contributed by atoms with van der Waals surface area (Å²) in [5, 5.41) is 1.30. The van der Waals surface area contributed by atoms with Gasteiger partial charge in [0.2, 0.25) is 0 Å². The van der Waals surface area contributed by atoms with Crippen molar-refractivity contribution in [2.75, 3.05) is 0 Å². The Morgan fingerprint density at radius 3 is 2.14 bits per heavy atom. The van der Waals surface area contributed by atoms with E-state index in [9.17, 15) is 0 Å². The first kappa shape index (κ1) is 10.6. The molecular formula is C13H14Si. The Labute approximate surface area is 87.4 Å². The minimum atomic E-state index is -1.35. The molecule has 0 aliphatic heterocycles. The second-order valence-electron chi connectivity index (χ2n) is 4.30. The van der Waals surface area contributed by atoms with Crippen molar-refractivity contribution in [3.63, 3.8) is 0 Å². The van der Waals surface area contributed by atoms with Crippen molar-refractivity contribution < 1.29 is 0 Å². The SMILES string of the molecule is C#Cc1ccc([Si](C)(C)C)c(C#C)c1. The summed E-state index contributed by atoms with van der Waals surface area (Å²) in [5.74, 6) is 5.32. The van der Waals surface area contributed by atoms with Crippen molar-refractivity contribution in [1.82, 2.24) is 0 Å². The highest BCUT2D eigenvalue weighted by atomic mass is 28.3. The molecule has 0 aliphatic rings. The van der Waals surface area contributed by atoms with Crippen LogP contribution in [0.3, 0.4) is 0 Å². The Kier molecular flexibility index (Phi) is 2.84. The topological polar surface area (TPSA) is 0 Å². The fraction of sp³-hybridized carbons (Fsp3) is 0.231. The van der Waals surface area contributed by atoms with Crippen LogP contribution >= 0.6 is 0 Å². The summed E-state index contributed by atoms with van der Waals surface area (Å²) in [6, 6.07) is 5.97. The Morgan fingerprint density at radius 1 is 1.07 bits per heavy atom. The third kappa shape index (κ3) is 2.07. The Bertz CT molecular complexity index is 422. The Balaban J connectivity index is 3.37. The number of terminal acetylenes is 2. The molecule has 0 nitrogen and oxygen atoms in total. The zero-order chi connectivity index (χ0) is 10.8. The van der Waals surface area contributed by atoms with E-state index in [4.69, 9.17) is 12.8 Å². The molecule has 0 aliphatic carbocycles. The highest BCUT2D eigenvalue weighted by Gasteiger charge is 2.19. The zero-order valence-electron chi connectivity index (χ0n) is 8.89. The van der Waals surface area contributed by atoms with E-state index in [1.807, 2.05) is 12.1 Å². The predicted molar refractivity (Wildman–Crippen MR) is 65.3 cm³/mol. The second-order valence-corrected chi connectivity index (χ2v) is 9.34. The lowest BCUT2D eigenvalue weighted by molar-refractivity contribution is 1.60. The lowest BCUT2D eigenvalue weighted by Crippen LogP contribution is -2.39. The molecule has 70 valence electrons. The van der Waals surface area contributed by atoms with E-state index in [2.05, 4.69) is 37.5 Å². The van der Waals surface area contributed by atoms with Crippen LogP contribution in [0.5, 0.6) is 0 Å². The molecule has 0 saturated heterocycles. The summed E-state index contributed by atoms with van der Waals surface area (Å²) in [5.41, 5.74) is 1.82. The van der Waals surface area contributed by atoms with Crippen molar-refractivity contribution in [2.45, 2.75) is 19.6 Å². The van der Waals surface area contributed by atoms with E-state index >= 15 is 0 Å². The van der Waals surface area contributed by atoms with Crippen molar-refractivity contribution in [2.24, 2.45) is 0 Å². The predicted octanol–water partition coefficient (Wildman–Crippen LogP) is 2.19. The van der Waals surface area contributed by atoms with Gasteiger partial charge in [-0.15, -0.1) is 12.8 Å². The van der Waals surface area contributed by atoms with E-state index < -0.39 is 8.07 Å². The molecule has 0 amide bonds. The molecule has 0 aromatic heterocycles. The standard InChI is InChI=1S/C13H14Si/c1-6-11-8-9-13(14(3,4)5)12(7-2)10-11/h1-2,8-10H,3-5H3. The van der Waals surface area contributed by atoms with Gasteiger partial charge in [0.25, 0.3) is 0 Å². The second kappa shape index (κ2) is 3.74. The van der Waals surface area contributed by atoms with Crippen molar-refractivity contribution in [1.29, 1.82) is 0 Å². The smallest absolute Gasteiger partial charge is 0.0792 e. The molecule has 14 heavy (non-hydrogen) atoms. The molecule has 1 aromatic rings. The molecule has 0 unspecified atom stereocenters. The molecule has 0 radical (unpaired) electrons. The van der Waals surface area contributed by atoms with Crippen LogP contribution in [0.2, 0.25) is 19.6 Å². The fourth-order valence-corrected chi connectivity index (χ4v) is 2.94. The largest absolute Gasteiger partial charge is 0.115 e. The first-order valence-electron chi connectivity index (χ1n) is 4.57. The first-order valence-corrected chi connectivity index (χ1v) is 8.07. The third-order valence-electron chi connectivity index (χ3n) is 2.15. The highest BCUT2D eigenvalue weighted by Crippen LogP contribution is 2.08. The molecular weight excluding hydrogens is 184 g/mol. The lowest BCUT2D eigenvalue weighted by Gasteiger charge is -2.18. The average Bonchev–Trinajstić information content (AvgIpc) is 2.15. The minimum Gasteiger partial charge on any atom is -0.115 e. The van der Waals surface area contributed by atoms with Gasteiger partial charge < -0.3 is 0 Å². The average molecular weight is 198 g/mol. The Hall–Kier alpha value is -1.44. The molecule has 1 heteroatoms. The molecule has 0 fully saturated rings. The molecule has 0 saturated carbocycles. The molecule has 0 spiro atoms. The van der Waals surface area contributed by atoms with Crippen molar-refractivity contribution in [3.8, 4) is 24.7 Å². The summed E-state index contributed by atoms with van der Waals surface area (Å²) >= 11 is 0. The van der Waals surface area contributed by atoms with Crippen LogP contribution in [0.1, 0.15) is 11.1 Å². The fourth-order valence-electron chi connectivity index (χ4n) is 1.41. The number of hydrogen-bond acceptors (Lipinski definition) is 0. The van der Waals surface area contributed by atoms with Gasteiger partial charge in [0.05, 0.1) is 8.07 Å². The van der Waals surface area contributed by atoms with Gasteiger partial charge in [0.15, 0.2) is 0 Å². The molecule has 0 N–H and O–H groups in total. The van der Waals surface area contributed by atoms with Gasteiger partial charge in [-0.1, -0.05) is 37.5 Å². The van der Waals surface area contributed by atoms with Gasteiger partial charge >= 0.3 is 0 Å². The van der Waals surface area contributed by atoms with Crippen LogP contribution in [0.4, 0.5) is 0 Å². The van der Waals surface area contributed by atoms with Crippen molar-refractivity contribution >= 4 is 13.3 Å². The van der Waals surface area contributed by atoms with Gasteiger partial charge in [0.1, 0.15) is 0 Å². The maximum absolute atomic E-state index is 5.47. The third-order valence-corrected chi connectivity index (χ3v) is 4.20. The van der Waals surface area contributed by atoms with E-state index in [-0.39, 0.29) is 0 Å². The van der Waals surface area contributed by atoms with Gasteiger partial charge in [-0.05, 0) is 17.3 Å². The van der Waals surface area contributed by atoms with Crippen LogP contribution in [0.25, 0.3) is 0 Å². The van der Waals surface area contributed by atoms with Gasteiger partial charge in [-0.2, -0.15) is 0 Å². The molecule has 0 bridgehead atoms. The van der Waals surface area contributed by atoms with Crippen molar-refractivity contribution in [3.05, 3.63) is 29.3 Å². The van der Waals surface area contributed by atoms with Crippen LogP contribution in [-0.2, 0) is 0 Å². The van der Waals surface area contributed by atoms with E-state index in [1.54, 1.807) is 0 Å². The van der Waals surface area contributed by atoms with E-state index in [0.717, 1.165) is 11.1 Å². The lowest BCUT2D eigenvalue weighted by atomic mass is 10.1. The summed E-state index contributed by atoms with van der Waals surface area (Å²) in [4.78, 5) is 0. The summed E-state index contributed by atoms with van der Waals surface area (Å²) in [7, 11) is -1.35. The maximum Gasteiger partial charge on any atom is 0.0792 e. The van der Waals surface area contributed by atoms with Crippen LogP contribution in [0, 0.1) is 24.7 Å². The van der Waals surface area contributed by atoms with Crippen LogP contribution < -0.4 is 5.19 Å².